The van der Waals surface area contributed by atoms with Gasteiger partial charge < -0.3 is 20.1 Å². The van der Waals surface area contributed by atoms with E-state index in [2.05, 4.69) is 10.6 Å². The van der Waals surface area contributed by atoms with E-state index in [-0.39, 0.29) is 24.3 Å². The van der Waals surface area contributed by atoms with Gasteiger partial charge in [-0.25, -0.2) is 0 Å². The molecule has 0 aliphatic carbocycles. The molecule has 0 atom stereocenters. The van der Waals surface area contributed by atoms with E-state index in [1.165, 1.54) is 0 Å². The molecule has 2 N–H and O–H groups in total. The van der Waals surface area contributed by atoms with Crippen LogP contribution >= 0.6 is 0 Å². The Bertz CT molecular complexity index is 472. The molecule has 1 rings (SSSR count). The Kier molecular flexibility index (Phi) is 7.99. The number of amides is 2. The van der Waals surface area contributed by atoms with Crippen LogP contribution in [0.5, 0.6) is 5.75 Å². The van der Waals surface area contributed by atoms with Gasteiger partial charge in [0.05, 0.1) is 6.10 Å². The molecule has 22 heavy (non-hydrogen) atoms. The molecule has 2 amide bonds. The highest BCUT2D eigenvalue weighted by atomic mass is 16.5. The van der Waals surface area contributed by atoms with Crippen molar-refractivity contribution in [2.45, 2.75) is 32.8 Å². The highest BCUT2D eigenvalue weighted by Gasteiger charge is 2.09. The van der Waals surface area contributed by atoms with Crippen molar-refractivity contribution in [2.75, 3.05) is 25.6 Å². The highest BCUT2D eigenvalue weighted by Crippen LogP contribution is 2.16. The molecule has 0 unspecified atom stereocenters. The molecule has 1 aromatic rings. The Hall–Kier alpha value is -2.08. The van der Waals surface area contributed by atoms with Crippen molar-refractivity contribution in [2.24, 2.45) is 0 Å². The molecule has 6 nitrogen and oxygen atoms in total. The van der Waals surface area contributed by atoms with Crippen LogP contribution in [0.4, 0.5) is 5.69 Å². The average Bonchev–Trinajstić information content (AvgIpc) is 2.45. The van der Waals surface area contributed by atoms with E-state index < -0.39 is 0 Å². The number of anilines is 1. The van der Waals surface area contributed by atoms with Crippen LogP contribution in [0.3, 0.4) is 0 Å². The van der Waals surface area contributed by atoms with Crippen molar-refractivity contribution in [3.63, 3.8) is 0 Å². The van der Waals surface area contributed by atoms with Crippen molar-refractivity contribution >= 4 is 17.5 Å². The monoisotopic (exact) mass is 308 g/mol. The van der Waals surface area contributed by atoms with Crippen LogP contribution in [0.2, 0.25) is 0 Å². The van der Waals surface area contributed by atoms with Crippen molar-refractivity contribution in [3.05, 3.63) is 24.3 Å². The first-order chi connectivity index (χ1) is 10.5. The third kappa shape index (κ3) is 7.64. The van der Waals surface area contributed by atoms with Crippen LogP contribution < -0.4 is 15.4 Å². The molecule has 0 aliphatic rings. The van der Waals surface area contributed by atoms with Gasteiger partial charge in [0.2, 0.25) is 11.8 Å². The minimum Gasteiger partial charge on any atom is -0.491 e. The van der Waals surface area contributed by atoms with E-state index in [1.807, 2.05) is 13.8 Å². The first-order valence-electron chi connectivity index (χ1n) is 7.33. The summed E-state index contributed by atoms with van der Waals surface area (Å²) in [5.74, 6) is 0.0963. The van der Waals surface area contributed by atoms with Crippen molar-refractivity contribution < 1.29 is 19.1 Å². The van der Waals surface area contributed by atoms with Gasteiger partial charge in [0.15, 0.2) is 0 Å². The predicted octanol–water partition coefficient (Wildman–Crippen LogP) is 1.96. The minimum atomic E-state index is -0.346. The van der Waals surface area contributed by atoms with Gasteiger partial charge in [-0.05, 0) is 44.5 Å². The van der Waals surface area contributed by atoms with Crippen LogP contribution in [0, 0.1) is 0 Å². The molecule has 0 aromatic heterocycles. The van der Waals surface area contributed by atoms with Crippen LogP contribution in [-0.2, 0) is 14.3 Å². The lowest BCUT2D eigenvalue weighted by atomic mass is 10.2. The van der Waals surface area contributed by atoms with Gasteiger partial charge in [0.1, 0.15) is 12.2 Å². The molecular formula is C16H24N2O4. The molecule has 0 fully saturated rings. The number of methoxy groups -OCH3 is 1. The van der Waals surface area contributed by atoms with E-state index >= 15 is 0 Å². The summed E-state index contributed by atoms with van der Waals surface area (Å²) in [5.41, 5.74) is 0.633. The maximum atomic E-state index is 11.7. The number of benzene rings is 1. The van der Waals surface area contributed by atoms with E-state index in [4.69, 9.17) is 9.47 Å². The topological polar surface area (TPSA) is 76.7 Å². The normalized spacial score (nSPS) is 10.4. The molecule has 0 spiro atoms. The molecular weight excluding hydrogens is 284 g/mol. The Balaban J connectivity index is 2.33. The van der Waals surface area contributed by atoms with E-state index in [0.29, 0.717) is 18.8 Å². The summed E-state index contributed by atoms with van der Waals surface area (Å²) < 4.78 is 10.4. The number of rotatable bonds is 9. The summed E-state index contributed by atoms with van der Waals surface area (Å²) in [4.78, 5) is 23.3. The Morgan fingerprint density at radius 2 is 1.82 bits per heavy atom. The molecule has 0 saturated carbocycles. The van der Waals surface area contributed by atoms with E-state index in [0.717, 1.165) is 12.2 Å². The Labute approximate surface area is 131 Å². The van der Waals surface area contributed by atoms with Gasteiger partial charge in [0.25, 0.3) is 0 Å². The quantitative estimate of drug-likeness (QED) is 0.540. The van der Waals surface area contributed by atoms with Gasteiger partial charge in [-0.3, -0.25) is 9.59 Å². The van der Waals surface area contributed by atoms with Gasteiger partial charge in [-0.2, -0.15) is 0 Å². The zero-order valence-electron chi connectivity index (χ0n) is 13.3. The third-order valence-electron chi connectivity index (χ3n) is 2.68. The van der Waals surface area contributed by atoms with Crippen molar-refractivity contribution in [3.8, 4) is 5.75 Å². The summed E-state index contributed by atoms with van der Waals surface area (Å²) in [6, 6.07) is 7.04. The lowest BCUT2D eigenvalue weighted by Crippen LogP contribution is -2.29. The molecule has 0 heterocycles. The van der Waals surface area contributed by atoms with Crippen molar-refractivity contribution in [1.29, 1.82) is 0 Å². The fourth-order valence-electron chi connectivity index (χ4n) is 1.75. The molecule has 0 bridgehead atoms. The average molecular weight is 308 g/mol. The van der Waals surface area contributed by atoms with Crippen LogP contribution in [0.15, 0.2) is 24.3 Å². The first-order valence-corrected chi connectivity index (χ1v) is 7.33. The maximum Gasteiger partial charge on any atom is 0.233 e. The molecule has 1 aromatic carbocycles. The van der Waals surface area contributed by atoms with E-state index in [9.17, 15) is 9.59 Å². The Morgan fingerprint density at radius 1 is 1.14 bits per heavy atom. The highest BCUT2D eigenvalue weighted by molar-refractivity contribution is 6.03. The SMILES string of the molecule is COCCCNC(=O)CC(=O)Nc1ccc(OC(C)C)cc1. The molecule has 0 aliphatic heterocycles. The predicted molar refractivity (Wildman–Crippen MR) is 85.0 cm³/mol. The summed E-state index contributed by atoms with van der Waals surface area (Å²) in [6.07, 6.45) is 0.625. The molecule has 122 valence electrons. The lowest BCUT2D eigenvalue weighted by Gasteiger charge is -2.10. The van der Waals surface area contributed by atoms with Crippen LogP contribution in [0.1, 0.15) is 26.7 Å². The van der Waals surface area contributed by atoms with Crippen molar-refractivity contribution in [1.82, 2.24) is 5.32 Å². The lowest BCUT2D eigenvalue weighted by molar-refractivity contribution is -0.126. The largest absolute Gasteiger partial charge is 0.491 e. The molecule has 0 saturated heterocycles. The fraction of sp³-hybridized carbons (Fsp3) is 0.500. The number of carbonyl (C=O) groups is 2. The number of hydrogen-bond donors (Lipinski definition) is 2. The fourth-order valence-corrected chi connectivity index (χ4v) is 1.75. The number of carbonyl (C=O) groups excluding carboxylic acids is 2. The number of ether oxygens (including phenoxy) is 2. The van der Waals surface area contributed by atoms with Gasteiger partial charge >= 0.3 is 0 Å². The summed E-state index contributed by atoms with van der Waals surface area (Å²) >= 11 is 0. The second kappa shape index (κ2) is 9.78. The second-order valence-electron chi connectivity index (χ2n) is 5.11. The van der Waals surface area contributed by atoms with Gasteiger partial charge in [-0.1, -0.05) is 0 Å². The maximum absolute atomic E-state index is 11.7. The number of nitrogens with one attached hydrogen (secondary N) is 2. The minimum absolute atomic E-state index is 0.0993. The zero-order valence-corrected chi connectivity index (χ0v) is 13.3. The first kappa shape index (κ1) is 18.0. The van der Waals surface area contributed by atoms with Crippen LogP contribution in [-0.4, -0.2) is 38.2 Å². The zero-order chi connectivity index (χ0) is 16.4. The molecule has 0 radical (unpaired) electrons. The third-order valence-corrected chi connectivity index (χ3v) is 2.68. The van der Waals surface area contributed by atoms with Gasteiger partial charge in [-0.15, -0.1) is 0 Å². The summed E-state index contributed by atoms with van der Waals surface area (Å²) in [7, 11) is 1.60. The van der Waals surface area contributed by atoms with Gasteiger partial charge in [0, 0.05) is 25.9 Å². The standard InChI is InChI=1S/C16H24N2O4/c1-12(2)22-14-7-5-13(6-8-14)18-16(20)11-15(19)17-9-4-10-21-3/h5-8,12H,4,9-11H2,1-3H3,(H,17,19)(H,18,20). The summed E-state index contributed by atoms with van der Waals surface area (Å²) in [5, 5.41) is 5.34. The van der Waals surface area contributed by atoms with E-state index in [1.54, 1.807) is 31.4 Å². The second-order valence-corrected chi connectivity index (χ2v) is 5.11. The number of hydrogen-bond acceptors (Lipinski definition) is 4. The Morgan fingerprint density at radius 3 is 2.41 bits per heavy atom. The molecule has 6 heteroatoms. The smallest absolute Gasteiger partial charge is 0.233 e. The summed E-state index contributed by atoms with van der Waals surface area (Å²) in [6.45, 7) is 4.97. The van der Waals surface area contributed by atoms with Crippen LogP contribution in [0.25, 0.3) is 0 Å².